The van der Waals surface area contributed by atoms with Gasteiger partial charge in [0.1, 0.15) is 0 Å². The highest BCUT2D eigenvalue weighted by molar-refractivity contribution is 7.24. The van der Waals surface area contributed by atoms with Crippen molar-refractivity contribution in [1.29, 1.82) is 0 Å². The van der Waals surface area contributed by atoms with Gasteiger partial charge in [0.25, 0.3) is 0 Å². The quantitative estimate of drug-likeness (QED) is 0.634. The summed E-state index contributed by atoms with van der Waals surface area (Å²) >= 11 is 0. The van der Waals surface area contributed by atoms with Crippen LogP contribution in [0.1, 0.15) is 19.8 Å². The van der Waals surface area contributed by atoms with Gasteiger partial charge in [-0.3, -0.25) is 0 Å². The van der Waals surface area contributed by atoms with Crippen LogP contribution in [-0.2, 0) is 9.26 Å². The molecule has 2 unspecified atom stereocenters. The van der Waals surface area contributed by atoms with Crippen molar-refractivity contribution in [3.63, 3.8) is 0 Å². The van der Waals surface area contributed by atoms with Gasteiger partial charge in [-0.05, 0) is 19.8 Å². The average molecular weight is 164 g/mol. The van der Waals surface area contributed by atoms with Crippen molar-refractivity contribution in [1.82, 2.24) is 0 Å². The monoisotopic (exact) mass is 164 g/mol. The van der Waals surface area contributed by atoms with E-state index in [1.54, 1.807) is 0 Å². The third kappa shape index (κ3) is 2.51. The molecule has 0 aromatic carbocycles. The Morgan fingerprint density at radius 3 is 3.00 bits per heavy atom. The van der Waals surface area contributed by atoms with E-state index < -0.39 is 9.03 Å². The van der Waals surface area contributed by atoms with Gasteiger partial charge in [-0.15, -0.1) is 0 Å². The molecule has 4 heteroatoms. The maximum absolute atomic E-state index is 8.34. The molecular formula is C6H13O3P. The van der Waals surface area contributed by atoms with Crippen molar-refractivity contribution < 1.29 is 14.2 Å². The summed E-state index contributed by atoms with van der Waals surface area (Å²) in [4.78, 5) is 8.34. The fraction of sp³-hybridized carbons (Fsp3) is 1.00. The molecule has 1 aliphatic heterocycles. The molecule has 0 aromatic heterocycles. The molecule has 1 saturated heterocycles. The van der Waals surface area contributed by atoms with E-state index in [1.807, 2.05) is 0 Å². The third-order valence-corrected chi connectivity index (χ3v) is 1.95. The van der Waals surface area contributed by atoms with Crippen molar-refractivity contribution >= 4 is 9.03 Å². The first kappa shape index (κ1) is 8.41. The lowest BCUT2D eigenvalue weighted by Crippen LogP contribution is -2.13. The van der Waals surface area contributed by atoms with E-state index >= 15 is 0 Å². The summed E-state index contributed by atoms with van der Waals surface area (Å²) in [6.45, 7) is 2.60. The van der Waals surface area contributed by atoms with E-state index in [-0.39, 0.29) is 6.10 Å². The molecule has 1 fully saturated rings. The maximum Gasteiger partial charge on any atom is 0.152 e. The first-order valence-electron chi connectivity index (χ1n) is 3.49. The minimum Gasteiger partial charge on any atom is -0.373 e. The van der Waals surface area contributed by atoms with Gasteiger partial charge in [0, 0.05) is 0 Å². The normalized spacial score (nSPS) is 34.2. The molecule has 1 aliphatic rings. The van der Waals surface area contributed by atoms with Crippen molar-refractivity contribution in [3.8, 4) is 0 Å². The fourth-order valence-electron chi connectivity index (χ4n) is 1.14. The molecule has 3 atom stereocenters. The molecule has 0 bridgehead atoms. The van der Waals surface area contributed by atoms with Crippen LogP contribution in [0.25, 0.3) is 0 Å². The molecular weight excluding hydrogens is 151 g/mol. The second kappa shape index (κ2) is 4.24. The summed E-state index contributed by atoms with van der Waals surface area (Å²) in [5, 5.41) is 0. The lowest BCUT2D eigenvalue weighted by atomic mass is 10.2. The zero-order chi connectivity index (χ0) is 7.40. The first-order valence-corrected chi connectivity index (χ1v) is 4.35. The van der Waals surface area contributed by atoms with E-state index in [2.05, 4.69) is 6.92 Å². The third-order valence-electron chi connectivity index (χ3n) is 1.65. The van der Waals surface area contributed by atoms with E-state index in [0.29, 0.717) is 12.7 Å². The summed E-state index contributed by atoms with van der Waals surface area (Å²) in [5.74, 6) is 0. The molecule has 0 spiro atoms. The standard InChI is InChI=1S/C6H13O3P/c1-5-2-3-6(9-5)4-8-10-7/h5-7,10H,2-4H2,1H3/t5?,6-/m0/s1. The van der Waals surface area contributed by atoms with Crippen LogP contribution in [0.2, 0.25) is 0 Å². The fourth-order valence-corrected chi connectivity index (χ4v) is 1.40. The van der Waals surface area contributed by atoms with Gasteiger partial charge in [0.2, 0.25) is 0 Å². The van der Waals surface area contributed by atoms with Crippen LogP contribution in [0.4, 0.5) is 0 Å². The van der Waals surface area contributed by atoms with Crippen LogP contribution in [0, 0.1) is 0 Å². The van der Waals surface area contributed by atoms with Crippen molar-refractivity contribution in [2.45, 2.75) is 32.0 Å². The largest absolute Gasteiger partial charge is 0.373 e. The summed E-state index contributed by atoms with van der Waals surface area (Å²) in [6, 6.07) is 0. The smallest absolute Gasteiger partial charge is 0.152 e. The Balaban J connectivity index is 2.06. The number of hydrogen-bond acceptors (Lipinski definition) is 3. The molecule has 10 heavy (non-hydrogen) atoms. The van der Waals surface area contributed by atoms with Crippen LogP contribution >= 0.6 is 9.03 Å². The van der Waals surface area contributed by atoms with E-state index in [0.717, 1.165) is 12.8 Å². The Hall–Kier alpha value is 0.310. The second-order valence-corrected chi connectivity index (χ2v) is 3.02. The van der Waals surface area contributed by atoms with Crippen LogP contribution in [-0.4, -0.2) is 23.7 Å². The lowest BCUT2D eigenvalue weighted by molar-refractivity contribution is 0.0282. The predicted molar refractivity (Wildman–Crippen MR) is 40.1 cm³/mol. The highest BCUT2D eigenvalue weighted by atomic mass is 31.1. The predicted octanol–water partition coefficient (Wildman–Crippen LogP) is 1.07. The zero-order valence-corrected chi connectivity index (χ0v) is 7.04. The van der Waals surface area contributed by atoms with Crippen molar-refractivity contribution in [2.75, 3.05) is 6.61 Å². The summed E-state index contributed by atoms with van der Waals surface area (Å²) < 4.78 is 10.3. The Bertz CT molecular complexity index is 99.0. The maximum atomic E-state index is 8.34. The van der Waals surface area contributed by atoms with Gasteiger partial charge in [0.05, 0.1) is 18.8 Å². The lowest BCUT2D eigenvalue weighted by Gasteiger charge is -2.08. The molecule has 1 N–H and O–H groups in total. The van der Waals surface area contributed by atoms with Gasteiger partial charge in [-0.1, -0.05) is 0 Å². The molecule has 1 rings (SSSR count). The molecule has 60 valence electrons. The van der Waals surface area contributed by atoms with Gasteiger partial charge >= 0.3 is 0 Å². The molecule has 0 aromatic rings. The highest BCUT2D eigenvalue weighted by Gasteiger charge is 2.21. The summed E-state index contributed by atoms with van der Waals surface area (Å²) in [6.07, 6.45) is 2.76. The SMILES string of the molecule is CC1CC[C@@H](COPO)O1. The molecule has 1 heterocycles. The van der Waals surface area contributed by atoms with Gasteiger partial charge in [-0.25, -0.2) is 0 Å². The van der Waals surface area contributed by atoms with Crippen LogP contribution in [0.5, 0.6) is 0 Å². The van der Waals surface area contributed by atoms with Crippen molar-refractivity contribution in [3.05, 3.63) is 0 Å². The molecule has 0 saturated carbocycles. The number of rotatable bonds is 3. The Kier molecular flexibility index (Phi) is 3.57. The van der Waals surface area contributed by atoms with Gasteiger partial charge in [0.15, 0.2) is 9.03 Å². The van der Waals surface area contributed by atoms with Crippen molar-refractivity contribution in [2.24, 2.45) is 0 Å². The Labute approximate surface area is 62.7 Å². The van der Waals surface area contributed by atoms with Crippen LogP contribution in [0.15, 0.2) is 0 Å². The minimum atomic E-state index is -0.403. The first-order chi connectivity index (χ1) is 4.83. The second-order valence-electron chi connectivity index (χ2n) is 2.55. The van der Waals surface area contributed by atoms with E-state index in [4.69, 9.17) is 14.2 Å². The topological polar surface area (TPSA) is 38.7 Å². The van der Waals surface area contributed by atoms with Gasteiger partial charge in [-0.2, -0.15) is 0 Å². The molecule has 0 radical (unpaired) electrons. The van der Waals surface area contributed by atoms with Crippen LogP contribution < -0.4 is 0 Å². The number of ether oxygens (including phenoxy) is 1. The molecule has 0 aliphatic carbocycles. The Morgan fingerprint density at radius 2 is 2.50 bits per heavy atom. The number of hydrogen-bond donors (Lipinski definition) is 1. The average Bonchev–Trinajstić information content (AvgIpc) is 2.31. The van der Waals surface area contributed by atoms with Gasteiger partial charge < -0.3 is 14.2 Å². The Morgan fingerprint density at radius 1 is 1.70 bits per heavy atom. The van der Waals surface area contributed by atoms with E-state index in [1.165, 1.54) is 0 Å². The van der Waals surface area contributed by atoms with E-state index in [9.17, 15) is 0 Å². The minimum absolute atomic E-state index is 0.217. The molecule has 3 nitrogen and oxygen atoms in total. The van der Waals surface area contributed by atoms with Crippen LogP contribution in [0.3, 0.4) is 0 Å². The highest BCUT2D eigenvalue weighted by Crippen LogP contribution is 2.20. The zero-order valence-electron chi connectivity index (χ0n) is 6.04. The summed E-state index contributed by atoms with van der Waals surface area (Å²) in [5.41, 5.74) is 0. The summed E-state index contributed by atoms with van der Waals surface area (Å²) in [7, 11) is -0.403. The molecule has 0 amide bonds.